The molecule has 8 nitrogen and oxygen atoms in total. The van der Waals surface area contributed by atoms with E-state index >= 15 is 0 Å². The number of hydrogen-bond acceptors (Lipinski definition) is 5. The van der Waals surface area contributed by atoms with Crippen LogP contribution in [0, 0.1) is 0 Å². The first-order chi connectivity index (χ1) is 8.34. The van der Waals surface area contributed by atoms with Crippen molar-refractivity contribution in [1.29, 1.82) is 0 Å². The van der Waals surface area contributed by atoms with Gasteiger partial charge in [-0.25, -0.2) is 0 Å². The number of nitrogens with two attached hydrogens (primary N) is 2. The Morgan fingerprint density at radius 1 is 1.00 bits per heavy atom. The molecule has 0 aliphatic carbocycles. The minimum Gasteiger partial charge on any atom is -0.480 e. The lowest BCUT2D eigenvalue weighted by molar-refractivity contribution is -0.140. The summed E-state index contributed by atoms with van der Waals surface area (Å²) in [5, 5.41) is 19.5. The van der Waals surface area contributed by atoms with Crippen molar-refractivity contribution < 1.29 is 24.6 Å². The number of rotatable bonds is 9. The highest BCUT2D eigenvalue weighted by molar-refractivity contribution is 5.84. The van der Waals surface area contributed by atoms with Crippen molar-refractivity contribution in [2.75, 3.05) is 6.54 Å². The van der Waals surface area contributed by atoms with Crippen LogP contribution in [0.5, 0.6) is 0 Å². The number of aliphatic carboxylic acids is 2. The van der Waals surface area contributed by atoms with Gasteiger partial charge in [-0.15, -0.1) is 0 Å². The smallest absolute Gasteiger partial charge is 0.321 e. The predicted molar refractivity (Wildman–Crippen MR) is 62.7 cm³/mol. The molecule has 104 valence electrons. The lowest BCUT2D eigenvalue weighted by Gasteiger charge is -2.08. The molecule has 0 bridgehead atoms. The van der Waals surface area contributed by atoms with Crippen LogP contribution in [0.3, 0.4) is 0 Å². The molecule has 0 saturated carbocycles. The number of amides is 1. The molecule has 0 fully saturated rings. The maximum absolute atomic E-state index is 11.2. The van der Waals surface area contributed by atoms with Crippen molar-refractivity contribution >= 4 is 17.8 Å². The number of carboxylic acid groups (broad SMARTS) is 2. The fourth-order valence-corrected chi connectivity index (χ4v) is 1.20. The summed E-state index contributed by atoms with van der Waals surface area (Å²) in [7, 11) is 0. The monoisotopic (exact) mass is 261 g/mol. The van der Waals surface area contributed by atoms with E-state index in [1.807, 2.05) is 0 Å². The lowest BCUT2D eigenvalue weighted by Crippen LogP contribution is -2.37. The Labute approximate surface area is 104 Å². The zero-order valence-electron chi connectivity index (χ0n) is 9.96. The molecule has 0 unspecified atom stereocenters. The molecule has 0 aliphatic rings. The fraction of sp³-hybridized carbons (Fsp3) is 0.700. The number of nitrogens with one attached hydrogen (secondary N) is 1. The maximum atomic E-state index is 11.2. The number of hydrogen-bond donors (Lipinski definition) is 5. The van der Waals surface area contributed by atoms with Gasteiger partial charge in [-0.3, -0.25) is 14.4 Å². The first-order valence-corrected chi connectivity index (χ1v) is 5.58. The molecule has 0 spiro atoms. The van der Waals surface area contributed by atoms with Gasteiger partial charge in [0.1, 0.15) is 12.1 Å². The van der Waals surface area contributed by atoms with E-state index in [-0.39, 0.29) is 6.42 Å². The van der Waals surface area contributed by atoms with Crippen molar-refractivity contribution in [3.8, 4) is 0 Å². The van der Waals surface area contributed by atoms with E-state index in [9.17, 15) is 14.4 Å². The Morgan fingerprint density at radius 3 is 2.06 bits per heavy atom. The Morgan fingerprint density at radius 2 is 1.56 bits per heavy atom. The molecule has 0 saturated heterocycles. The fourth-order valence-electron chi connectivity index (χ4n) is 1.20. The molecule has 0 aromatic carbocycles. The normalized spacial score (nSPS) is 13.7. The average molecular weight is 261 g/mol. The summed E-state index contributed by atoms with van der Waals surface area (Å²) in [5.74, 6) is -2.71. The average Bonchev–Trinajstić information content (AvgIpc) is 2.27. The Balaban J connectivity index is 3.58. The third-order valence-corrected chi connectivity index (χ3v) is 2.30. The molecule has 0 aliphatic heterocycles. The van der Waals surface area contributed by atoms with E-state index in [1.165, 1.54) is 0 Å². The quantitative estimate of drug-likeness (QED) is 0.316. The zero-order valence-corrected chi connectivity index (χ0v) is 9.96. The molecule has 8 heteroatoms. The van der Waals surface area contributed by atoms with E-state index < -0.39 is 29.9 Å². The van der Waals surface area contributed by atoms with Gasteiger partial charge in [-0.1, -0.05) is 0 Å². The van der Waals surface area contributed by atoms with Gasteiger partial charge in [0.15, 0.2) is 0 Å². The van der Waals surface area contributed by atoms with Crippen LogP contribution in [-0.2, 0) is 14.4 Å². The minimum absolute atomic E-state index is 0.274. The summed E-state index contributed by atoms with van der Waals surface area (Å²) in [6, 6.07) is -2.09. The minimum atomic E-state index is -1.22. The molecular weight excluding hydrogens is 242 g/mol. The standard InChI is InChI=1S/C10H19N3O5/c11-6(9(15)16)3-1-2-4-13-8(14)5-7(12)10(17)18/h6-7H,1-5,11-12H2,(H,13,14)(H,15,16)(H,17,18)/t6-,7-/m0/s1. The topological polar surface area (TPSA) is 156 Å². The van der Waals surface area contributed by atoms with Gasteiger partial charge >= 0.3 is 11.9 Å². The van der Waals surface area contributed by atoms with Crippen LogP contribution in [0.15, 0.2) is 0 Å². The maximum Gasteiger partial charge on any atom is 0.321 e. The Hall–Kier alpha value is -1.67. The number of carboxylic acids is 2. The summed E-state index contributed by atoms with van der Waals surface area (Å²) in [5.41, 5.74) is 10.5. The highest BCUT2D eigenvalue weighted by Crippen LogP contribution is 1.98. The molecule has 7 N–H and O–H groups in total. The highest BCUT2D eigenvalue weighted by Gasteiger charge is 2.15. The highest BCUT2D eigenvalue weighted by atomic mass is 16.4. The number of carbonyl (C=O) groups excluding carboxylic acids is 1. The van der Waals surface area contributed by atoms with Gasteiger partial charge < -0.3 is 27.0 Å². The van der Waals surface area contributed by atoms with Crippen molar-refractivity contribution in [3.05, 3.63) is 0 Å². The zero-order chi connectivity index (χ0) is 14.1. The second kappa shape index (κ2) is 8.43. The summed E-state index contributed by atoms with van der Waals surface area (Å²) in [4.78, 5) is 32.0. The molecule has 0 heterocycles. The number of unbranched alkanes of at least 4 members (excludes halogenated alkanes) is 1. The number of carbonyl (C=O) groups is 3. The van der Waals surface area contributed by atoms with Gasteiger partial charge in [0, 0.05) is 6.54 Å². The summed E-state index contributed by atoms with van der Waals surface area (Å²) in [6.45, 7) is 0.345. The second-order valence-electron chi connectivity index (χ2n) is 3.94. The van der Waals surface area contributed by atoms with Crippen molar-refractivity contribution in [2.24, 2.45) is 11.5 Å². The van der Waals surface area contributed by atoms with Crippen LogP contribution in [0.4, 0.5) is 0 Å². The van der Waals surface area contributed by atoms with Gasteiger partial charge in [0.05, 0.1) is 6.42 Å². The Bertz CT molecular complexity index is 308. The molecule has 18 heavy (non-hydrogen) atoms. The summed E-state index contributed by atoms with van der Waals surface area (Å²) < 4.78 is 0. The van der Waals surface area contributed by atoms with E-state index in [0.29, 0.717) is 25.8 Å². The Kier molecular flexibility index (Phi) is 7.64. The van der Waals surface area contributed by atoms with Crippen LogP contribution >= 0.6 is 0 Å². The second-order valence-corrected chi connectivity index (χ2v) is 3.94. The molecule has 0 aromatic heterocycles. The molecule has 1 amide bonds. The molecule has 0 radical (unpaired) electrons. The van der Waals surface area contributed by atoms with Crippen LogP contribution in [0.25, 0.3) is 0 Å². The van der Waals surface area contributed by atoms with Gasteiger partial charge in [0.2, 0.25) is 5.91 Å². The van der Waals surface area contributed by atoms with E-state index in [4.69, 9.17) is 21.7 Å². The van der Waals surface area contributed by atoms with Crippen LogP contribution in [-0.4, -0.2) is 46.7 Å². The largest absolute Gasteiger partial charge is 0.480 e. The third-order valence-electron chi connectivity index (χ3n) is 2.30. The van der Waals surface area contributed by atoms with Crippen molar-refractivity contribution in [1.82, 2.24) is 5.32 Å². The first-order valence-electron chi connectivity index (χ1n) is 5.58. The van der Waals surface area contributed by atoms with Crippen LogP contribution in [0.2, 0.25) is 0 Å². The van der Waals surface area contributed by atoms with Crippen LogP contribution < -0.4 is 16.8 Å². The third kappa shape index (κ3) is 7.58. The molecule has 2 atom stereocenters. The predicted octanol–water partition coefficient (Wildman–Crippen LogP) is -1.51. The summed E-state index contributed by atoms with van der Waals surface area (Å²) in [6.07, 6.45) is 1.21. The molecular formula is C10H19N3O5. The SMILES string of the molecule is N[C@@H](CCCCNC(=O)C[C@H](N)C(=O)O)C(=O)O. The summed E-state index contributed by atoms with van der Waals surface area (Å²) >= 11 is 0. The molecule has 0 rings (SSSR count). The van der Waals surface area contributed by atoms with E-state index in [1.54, 1.807) is 0 Å². The first kappa shape index (κ1) is 16.3. The van der Waals surface area contributed by atoms with Crippen molar-refractivity contribution in [3.63, 3.8) is 0 Å². The van der Waals surface area contributed by atoms with Gasteiger partial charge in [-0.05, 0) is 19.3 Å². The van der Waals surface area contributed by atoms with Crippen molar-refractivity contribution in [2.45, 2.75) is 37.8 Å². The van der Waals surface area contributed by atoms with Gasteiger partial charge in [0.25, 0.3) is 0 Å². The molecule has 0 aromatic rings. The van der Waals surface area contributed by atoms with E-state index in [0.717, 1.165) is 0 Å². The lowest BCUT2D eigenvalue weighted by atomic mass is 10.1. The van der Waals surface area contributed by atoms with Gasteiger partial charge in [-0.2, -0.15) is 0 Å². The van der Waals surface area contributed by atoms with E-state index in [2.05, 4.69) is 5.32 Å². The van der Waals surface area contributed by atoms with Crippen LogP contribution in [0.1, 0.15) is 25.7 Å².